The molecule has 0 atom stereocenters. The van der Waals surface area contributed by atoms with Gasteiger partial charge in [-0.3, -0.25) is 0 Å². The van der Waals surface area contributed by atoms with Gasteiger partial charge < -0.3 is 18.9 Å². The summed E-state index contributed by atoms with van der Waals surface area (Å²) in [6.07, 6.45) is 0. The van der Waals surface area contributed by atoms with Gasteiger partial charge in [0.2, 0.25) is 0 Å². The van der Waals surface area contributed by atoms with Crippen LogP contribution in [0, 0.1) is 23.7 Å². The Hall–Kier alpha value is -5.10. The van der Waals surface area contributed by atoms with E-state index in [0.717, 1.165) is 66.1 Å². The first-order valence-corrected chi connectivity index (χ1v) is 13.7. The molecule has 0 fully saturated rings. The van der Waals surface area contributed by atoms with Crippen LogP contribution in [0.3, 0.4) is 0 Å². The number of hydrogen-bond acceptors (Lipinski definition) is 5. The SMILES string of the molecule is COc1ccc(C#Cc2c(-c3ccc(OC)cc3)sc(-c3ccc(OC)cc3)c2C#Cc2ccc(OC)cc2)cc1. The maximum atomic E-state index is 5.41. The van der Waals surface area contributed by atoms with E-state index in [9.17, 15) is 0 Å². The summed E-state index contributed by atoms with van der Waals surface area (Å²) in [6, 6.07) is 31.6. The van der Waals surface area contributed by atoms with Crippen molar-refractivity contribution in [2.24, 2.45) is 0 Å². The van der Waals surface area contributed by atoms with E-state index in [4.69, 9.17) is 18.9 Å². The van der Waals surface area contributed by atoms with Gasteiger partial charge in [0.25, 0.3) is 0 Å². The van der Waals surface area contributed by atoms with Crippen LogP contribution in [0.15, 0.2) is 97.1 Å². The zero-order chi connectivity index (χ0) is 28.6. The van der Waals surface area contributed by atoms with Crippen molar-refractivity contribution < 1.29 is 18.9 Å². The fourth-order valence-corrected chi connectivity index (χ4v) is 5.40. The van der Waals surface area contributed by atoms with Crippen LogP contribution in [0.4, 0.5) is 0 Å². The second-order valence-corrected chi connectivity index (χ2v) is 9.94. The molecule has 5 heteroatoms. The maximum Gasteiger partial charge on any atom is 0.118 e. The molecule has 202 valence electrons. The van der Waals surface area contributed by atoms with Crippen LogP contribution in [0.2, 0.25) is 0 Å². The fourth-order valence-electron chi connectivity index (χ4n) is 4.18. The van der Waals surface area contributed by atoms with E-state index in [1.807, 2.05) is 72.8 Å². The molecule has 4 nitrogen and oxygen atoms in total. The third kappa shape index (κ3) is 6.39. The number of methoxy groups -OCH3 is 4. The van der Waals surface area contributed by atoms with E-state index in [0.29, 0.717) is 0 Å². The molecule has 1 aromatic heterocycles. The highest BCUT2D eigenvalue weighted by atomic mass is 32.1. The molecular weight excluding hydrogens is 528 g/mol. The van der Waals surface area contributed by atoms with Crippen molar-refractivity contribution in [2.45, 2.75) is 0 Å². The Morgan fingerprint density at radius 1 is 0.390 bits per heavy atom. The second kappa shape index (κ2) is 12.8. The zero-order valence-electron chi connectivity index (χ0n) is 23.3. The van der Waals surface area contributed by atoms with Gasteiger partial charge in [0.05, 0.1) is 49.3 Å². The van der Waals surface area contributed by atoms with E-state index >= 15 is 0 Å². The minimum atomic E-state index is 0.790. The van der Waals surface area contributed by atoms with Gasteiger partial charge in [-0.1, -0.05) is 23.7 Å². The Labute approximate surface area is 245 Å². The molecule has 0 aliphatic carbocycles. The monoisotopic (exact) mass is 556 g/mol. The second-order valence-electron chi connectivity index (χ2n) is 8.92. The number of benzene rings is 4. The van der Waals surface area contributed by atoms with E-state index in [-0.39, 0.29) is 0 Å². The molecule has 41 heavy (non-hydrogen) atoms. The van der Waals surface area contributed by atoms with Crippen molar-refractivity contribution in [1.82, 2.24) is 0 Å². The van der Waals surface area contributed by atoms with Gasteiger partial charge in [0, 0.05) is 11.1 Å². The molecule has 0 saturated heterocycles. The van der Waals surface area contributed by atoms with E-state index in [2.05, 4.69) is 47.9 Å². The lowest BCUT2D eigenvalue weighted by molar-refractivity contribution is 0.414. The average molecular weight is 557 g/mol. The van der Waals surface area contributed by atoms with Crippen molar-refractivity contribution in [1.29, 1.82) is 0 Å². The molecule has 1 heterocycles. The minimum absolute atomic E-state index is 0.790. The molecule has 0 unspecified atom stereocenters. The number of ether oxygens (including phenoxy) is 4. The van der Waals surface area contributed by atoms with E-state index in [1.54, 1.807) is 39.8 Å². The third-order valence-electron chi connectivity index (χ3n) is 6.46. The highest BCUT2D eigenvalue weighted by Gasteiger charge is 2.19. The van der Waals surface area contributed by atoms with Gasteiger partial charge in [-0.2, -0.15) is 0 Å². The molecule has 5 aromatic rings. The summed E-state index contributed by atoms with van der Waals surface area (Å²) in [4.78, 5) is 2.08. The standard InChI is InChI=1S/C36H28O4S/c1-37-29-15-5-25(6-16-29)9-23-33-34(24-10-26-7-17-30(38-2)18-8-26)36(28-13-21-32(40-4)22-14-28)41-35(33)27-11-19-31(39-3)20-12-27/h5-8,11-22H,1-4H3. The molecule has 0 bridgehead atoms. The Morgan fingerprint density at radius 3 is 0.976 bits per heavy atom. The van der Waals surface area contributed by atoms with Crippen LogP contribution in [-0.2, 0) is 0 Å². The fraction of sp³-hybridized carbons (Fsp3) is 0.111. The molecular formula is C36H28O4S. The summed E-state index contributed by atoms with van der Waals surface area (Å²) in [5.41, 5.74) is 5.62. The number of hydrogen-bond donors (Lipinski definition) is 0. The molecule has 4 aromatic carbocycles. The van der Waals surface area contributed by atoms with Gasteiger partial charge in [0.15, 0.2) is 0 Å². The highest BCUT2D eigenvalue weighted by Crippen LogP contribution is 2.42. The Balaban J connectivity index is 1.72. The van der Waals surface area contributed by atoms with Crippen LogP contribution in [0.1, 0.15) is 22.3 Å². The summed E-state index contributed by atoms with van der Waals surface area (Å²) in [5, 5.41) is 0. The Morgan fingerprint density at radius 2 is 0.683 bits per heavy atom. The Bertz CT molecular complexity index is 1610. The van der Waals surface area contributed by atoms with Gasteiger partial charge in [0.1, 0.15) is 23.0 Å². The molecule has 0 N–H and O–H groups in total. The minimum Gasteiger partial charge on any atom is -0.497 e. The van der Waals surface area contributed by atoms with Crippen molar-refractivity contribution in [3.8, 4) is 67.6 Å². The molecule has 0 amide bonds. The molecule has 0 radical (unpaired) electrons. The van der Waals surface area contributed by atoms with Gasteiger partial charge in [-0.05, 0) is 108 Å². The smallest absolute Gasteiger partial charge is 0.118 e. The predicted molar refractivity (Wildman–Crippen MR) is 166 cm³/mol. The first-order valence-electron chi connectivity index (χ1n) is 12.9. The summed E-state index contributed by atoms with van der Waals surface area (Å²) in [5.74, 6) is 16.8. The van der Waals surface area contributed by atoms with Gasteiger partial charge >= 0.3 is 0 Å². The first kappa shape index (κ1) is 27.5. The molecule has 5 rings (SSSR count). The predicted octanol–water partition coefficient (Wildman–Crippen LogP) is 7.92. The lowest BCUT2D eigenvalue weighted by Crippen LogP contribution is -1.87. The lowest BCUT2D eigenvalue weighted by atomic mass is 10.0. The third-order valence-corrected chi connectivity index (χ3v) is 7.74. The van der Waals surface area contributed by atoms with Crippen molar-refractivity contribution in [2.75, 3.05) is 28.4 Å². The van der Waals surface area contributed by atoms with Gasteiger partial charge in [-0.25, -0.2) is 0 Å². The van der Waals surface area contributed by atoms with Crippen LogP contribution in [0.5, 0.6) is 23.0 Å². The van der Waals surface area contributed by atoms with Crippen LogP contribution in [0.25, 0.3) is 20.9 Å². The van der Waals surface area contributed by atoms with E-state index < -0.39 is 0 Å². The Kier molecular flexibility index (Phi) is 8.60. The van der Waals surface area contributed by atoms with Crippen molar-refractivity contribution >= 4 is 11.3 Å². The van der Waals surface area contributed by atoms with Crippen LogP contribution < -0.4 is 18.9 Å². The summed E-state index contributed by atoms with van der Waals surface area (Å²) in [7, 11) is 6.64. The normalized spacial score (nSPS) is 10.0. The summed E-state index contributed by atoms with van der Waals surface area (Å²) >= 11 is 1.68. The maximum absolute atomic E-state index is 5.41. The number of thiophene rings is 1. The highest BCUT2D eigenvalue weighted by molar-refractivity contribution is 7.19. The van der Waals surface area contributed by atoms with Crippen molar-refractivity contribution in [3.63, 3.8) is 0 Å². The molecule has 0 spiro atoms. The lowest BCUT2D eigenvalue weighted by Gasteiger charge is -2.03. The first-order chi connectivity index (χ1) is 20.1. The topological polar surface area (TPSA) is 36.9 Å². The molecule has 0 aliphatic rings. The van der Waals surface area contributed by atoms with Crippen LogP contribution in [-0.4, -0.2) is 28.4 Å². The summed E-state index contributed by atoms with van der Waals surface area (Å²) < 4.78 is 21.4. The van der Waals surface area contributed by atoms with E-state index in [1.165, 1.54) is 0 Å². The zero-order valence-corrected chi connectivity index (χ0v) is 24.1. The summed E-state index contributed by atoms with van der Waals surface area (Å²) in [6.45, 7) is 0. The molecule has 0 saturated carbocycles. The largest absolute Gasteiger partial charge is 0.497 e. The quantitative estimate of drug-likeness (QED) is 0.199. The average Bonchev–Trinajstić information content (AvgIpc) is 3.41. The van der Waals surface area contributed by atoms with Gasteiger partial charge in [-0.15, -0.1) is 11.3 Å². The van der Waals surface area contributed by atoms with Crippen molar-refractivity contribution in [3.05, 3.63) is 119 Å². The molecule has 0 aliphatic heterocycles. The van der Waals surface area contributed by atoms with Crippen LogP contribution >= 0.6 is 11.3 Å². The number of rotatable bonds is 6.